The van der Waals surface area contributed by atoms with E-state index in [2.05, 4.69) is 11.9 Å². The molecule has 0 saturated carbocycles. The number of halogens is 2. The third-order valence-corrected chi connectivity index (χ3v) is 4.00. The average molecular weight is 347 g/mol. The lowest BCUT2D eigenvalue weighted by molar-refractivity contribution is 0.112. The van der Waals surface area contributed by atoms with Crippen LogP contribution in [0.5, 0.6) is 5.75 Å². The predicted octanol–water partition coefficient (Wildman–Crippen LogP) is 5.58. The molecule has 0 radical (unpaired) electrons. The van der Waals surface area contributed by atoms with Crippen LogP contribution in [0.4, 0.5) is 8.78 Å². The Morgan fingerprint density at radius 3 is 2.44 bits per heavy atom. The Morgan fingerprint density at radius 1 is 1.00 bits per heavy atom. The second kappa shape index (κ2) is 9.87. The number of aromatic nitrogens is 1. The van der Waals surface area contributed by atoms with E-state index in [1.807, 2.05) is 0 Å². The van der Waals surface area contributed by atoms with Gasteiger partial charge >= 0.3 is 0 Å². The van der Waals surface area contributed by atoms with Gasteiger partial charge < -0.3 is 4.74 Å². The van der Waals surface area contributed by atoms with Crippen LogP contribution in [0.25, 0.3) is 11.3 Å². The average Bonchev–Trinajstić information content (AvgIpc) is 2.64. The highest BCUT2D eigenvalue weighted by Gasteiger charge is 2.16. The lowest BCUT2D eigenvalue weighted by atomic mass is 10.1. The third-order valence-electron chi connectivity index (χ3n) is 4.00. The molecule has 1 aromatic carbocycles. The molecule has 134 valence electrons. The first-order valence-corrected chi connectivity index (χ1v) is 8.69. The molecule has 0 saturated heterocycles. The van der Waals surface area contributed by atoms with Crippen LogP contribution in [0.3, 0.4) is 0 Å². The van der Waals surface area contributed by atoms with Crippen molar-refractivity contribution >= 4 is 6.29 Å². The van der Waals surface area contributed by atoms with Gasteiger partial charge in [-0.25, -0.2) is 4.39 Å². The monoisotopic (exact) mass is 347 g/mol. The van der Waals surface area contributed by atoms with Crippen molar-refractivity contribution in [3.8, 4) is 17.0 Å². The quantitative estimate of drug-likeness (QED) is 0.416. The zero-order valence-electron chi connectivity index (χ0n) is 14.4. The molecular weight excluding hydrogens is 324 g/mol. The maximum atomic E-state index is 14.3. The van der Waals surface area contributed by atoms with Crippen molar-refractivity contribution in [2.45, 2.75) is 45.4 Å². The Hall–Kier alpha value is -2.30. The van der Waals surface area contributed by atoms with Crippen LogP contribution >= 0.6 is 0 Å². The van der Waals surface area contributed by atoms with E-state index in [0.717, 1.165) is 19.3 Å². The first-order chi connectivity index (χ1) is 12.2. The van der Waals surface area contributed by atoms with Crippen molar-refractivity contribution < 1.29 is 18.3 Å². The van der Waals surface area contributed by atoms with Gasteiger partial charge in [0.05, 0.1) is 12.3 Å². The topological polar surface area (TPSA) is 39.2 Å². The molecule has 1 aromatic heterocycles. The molecule has 0 aliphatic carbocycles. The lowest BCUT2D eigenvalue weighted by Gasteiger charge is -2.10. The molecule has 5 heteroatoms. The molecule has 0 aliphatic rings. The van der Waals surface area contributed by atoms with Gasteiger partial charge in [0, 0.05) is 17.3 Å². The number of carbonyl (C=O) groups excluding carboxylic acids is 1. The van der Waals surface area contributed by atoms with Crippen LogP contribution in [0.1, 0.15) is 55.8 Å². The van der Waals surface area contributed by atoms with Crippen LogP contribution in [0, 0.1) is 11.6 Å². The number of hydrogen-bond acceptors (Lipinski definition) is 3. The number of aldehydes is 1. The minimum atomic E-state index is -1.01. The fourth-order valence-electron chi connectivity index (χ4n) is 2.54. The summed E-state index contributed by atoms with van der Waals surface area (Å²) in [5, 5.41) is 0. The third kappa shape index (κ3) is 5.34. The van der Waals surface area contributed by atoms with E-state index in [-0.39, 0.29) is 17.0 Å². The van der Waals surface area contributed by atoms with Crippen LogP contribution in [-0.2, 0) is 0 Å². The molecule has 0 unspecified atom stereocenters. The molecule has 0 fully saturated rings. The Kier molecular flexibility index (Phi) is 7.51. The van der Waals surface area contributed by atoms with Gasteiger partial charge in [-0.3, -0.25) is 9.78 Å². The van der Waals surface area contributed by atoms with Gasteiger partial charge in [-0.1, -0.05) is 39.0 Å². The van der Waals surface area contributed by atoms with Gasteiger partial charge in [0.2, 0.25) is 5.82 Å². The number of benzene rings is 1. The zero-order valence-corrected chi connectivity index (χ0v) is 14.4. The Labute approximate surface area is 147 Å². The van der Waals surface area contributed by atoms with Crippen molar-refractivity contribution in [2.24, 2.45) is 0 Å². The maximum Gasteiger partial charge on any atom is 0.201 e. The van der Waals surface area contributed by atoms with E-state index < -0.39 is 11.6 Å². The highest BCUT2D eigenvalue weighted by molar-refractivity contribution is 5.75. The van der Waals surface area contributed by atoms with Crippen molar-refractivity contribution in [2.75, 3.05) is 6.61 Å². The van der Waals surface area contributed by atoms with E-state index in [4.69, 9.17) is 4.74 Å². The highest BCUT2D eigenvalue weighted by Crippen LogP contribution is 2.29. The number of rotatable bonds is 10. The highest BCUT2D eigenvalue weighted by atomic mass is 19.2. The number of hydrogen-bond donors (Lipinski definition) is 0. The summed E-state index contributed by atoms with van der Waals surface area (Å²) < 4.78 is 33.8. The fourth-order valence-corrected chi connectivity index (χ4v) is 2.54. The van der Waals surface area contributed by atoms with Gasteiger partial charge in [-0.15, -0.1) is 0 Å². The zero-order chi connectivity index (χ0) is 18.1. The van der Waals surface area contributed by atoms with Crippen molar-refractivity contribution in [1.82, 2.24) is 4.98 Å². The normalized spacial score (nSPS) is 10.7. The first-order valence-electron chi connectivity index (χ1n) is 8.69. The number of nitrogens with zero attached hydrogens (tertiary/aromatic N) is 1. The largest absolute Gasteiger partial charge is 0.490 e. The van der Waals surface area contributed by atoms with Crippen LogP contribution in [-0.4, -0.2) is 17.9 Å². The standard InChI is InChI=1S/C20H23F2NO2/c1-2-3-4-5-6-7-12-25-18-11-9-16(19(21)20(18)22)17-10-8-15(14-24)13-23-17/h8-11,13-14H,2-7,12H2,1H3. The molecule has 3 nitrogen and oxygen atoms in total. The van der Waals surface area contributed by atoms with Gasteiger partial charge in [0.1, 0.15) is 0 Å². The minimum absolute atomic E-state index is 0.0434. The Morgan fingerprint density at radius 2 is 1.76 bits per heavy atom. The summed E-state index contributed by atoms with van der Waals surface area (Å²) in [6.45, 7) is 2.53. The second-order valence-corrected chi connectivity index (χ2v) is 5.95. The van der Waals surface area contributed by atoms with Crippen LogP contribution in [0.2, 0.25) is 0 Å². The molecule has 1 heterocycles. The number of pyridine rings is 1. The summed E-state index contributed by atoms with van der Waals surface area (Å²) >= 11 is 0. The maximum absolute atomic E-state index is 14.3. The van der Waals surface area contributed by atoms with Gasteiger partial charge in [0.15, 0.2) is 17.9 Å². The SMILES string of the molecule is CCCCCCCCOc1ccc(-c2ccc(C=O)cn2)c(F)c1F. The smallest absolute Gasteiger partial charge is 0.201 e. The summed E-state index contributed by atoms with van der Waals surface area (Å²) in [6, 6.07) is 5.85. The summed E-state index contributed by atoms with van der Waals surface area (Å²) in [7, 11) is 0. The van der Waals surface area contributed by atoms with Crippen LogP contribution < -0.4 is 4.74 Å². The number of unbranched alkanes of at least 4 members (excludes halogenated alkanes) is 5. The van der Waals surface area contributed by atoms with Crippen molar-refractivity contribution in [3.05, 3.63) is 47.7 Å². The van der Waals surface area contributed by atoms with E-state index in [0.29, 0.717) is 18.5 Å². The molecule has 0 N–H and O–H groups in total. The minimum Gasteiger partial charge on any atom is -0.490 e. The van der Waals surface area contributed by atoms with Gasteiger partial charge in [-0.2, -0.15) is 4.39 Å². The number of ether oxygens (including phenoxy) is 1. The van der Waals surface area contributed by atoms with Crippen molar-refractivity contribution in [3.63, 3.8) is 0 Å². The van der Waals surface area contributed by atoms with E-state index in [1.165, 1.54) is 49.7 Å². The lowest BCUT2D eigenvalue weighted by Crippen LogP contribution is -2.02. The molecule has 0 bridgehead atoms. The summed E-state index contributed by atoms with van der Waals surface area (Å²) in [5.41, 5.74) is 0.690. The van der Waals surface area contributed by atoms with E-state index in [9.17, 15) is 13.6 Å². The van der Waals surface area contributed by atoms with E-state index >= 15 is 0 Å². The second-order valence-electron chi connectivity index (χ2n) is 5.95. The molecule has 0 spiro atoms. The van der Waals surface area contributed by atoms with Gasteiger partial charge in [0.25, 0.3) is 0 Å². The summed E-state index contributed by atoms with van der Waals surface area (Å²) in [6.07, 6.45) is 8.57. The Bertz CT molecular complexity index is 687. The van der Waals surface area contributed by atoms with Crippen molar-refractivity contribution in [1.29, 1.82) is 0 Å². The molecule has 25 heavy (non-hydrogen) atoms. The molecule has 2 rings (SSSR count). The summed E-state index contributed by atoms with van der Waals surface area (Å²) in [5.74, 6) is -2.09. The molecule has 2 aromatic rings. The molecule has 0 aliphatic heterocycles. The Balaban J connectivity index is 1.96. The number of carbonyl (C=O) groups is 1. The van der Waals surface area contributed by atoms with Gasteiger partial charge in [-0.05, 0) is 30.7 Å². The fraction of sp³-hybridized carbons (Fsp3) is 0.400. The summed E-state index contributed by atoms with van der Waals surface area (Å²) in [4.78, 5) is 14.6. The molecule has 0 atom stereocenters. The van der Waals surface area contributed by atoms with Crippen LogP contribution in [0.15, 0.2) is 30.5 Å². The molecular formula is C20H23F2NO2. The predicted molar refractivity (Wildman–Crippen MR) is 93.8 cm³/mol. The molecule has 0 amide bonds. The first kappa shape index (κ1) is 19.0. The van der Waals surface area contributed by atoms with E-state index in [1.54, 1.807) is 0 Å².